The molecule has 0 amide bonds. The Bertz CT molecular complexity index is 777. The molecule has 0 radical (unpaired) electrons. The molecule has 0 heterocycles. The van der Waals surface area contributed by atoms with Gasteiger partial charge in [-0.05, 0) is 30.3 Å². The standard InChI is InChI=1S/C18H18F2O5/c1-22-13-6-5-10(7-12(13)21)16(19)17(20)11-8-14(23-2)18(25-4)15(9-11)24-3/h5-9,21H,1-4H3/b17-16-. The molecule has 0 spiro atoms. The normalized spacial score (nSPS) is 11.6. The number of phenols is 1. The molecule has 0 aromatic heterocycles. The average molecular weight is 352 g/mol. The number of hydrogen-bond donors (Lipinski definition) is 1. The summed E-state index contributed by atoms with van der Waals surface area (Å²) in [5.41, 5.74) is -0.230. The van der Waals surface area contributed by atoms with Gasteiger partial charge in [-0.15, -0.1) is 0 Å². The van der Waals surface area contributed by atoms with E-state index in [4.69, 9.17) is 18.9 Å². The van der Waals surface area contributed by atoms with Gasteiger partial charge in [-0.1, -0.05) is 0 Å². The van der Waals surface area contributed by atoms with Crippen LogP contribution in [0.1, 0.15) is 11.1 Å². The van der Waals surface area contributed by atoms with Gasteiger partial charge in [-0.2, -0.15) is 0 Å². The number of hydrogen-bond acceptors (Lipinski definition) is 5. The minimum atomic E-state index is -1.15. The Morgan fingerprint density at radius 1 is 0.720 bits per heavy atom. The van der Waals surface area contributed by atoms with Crippen molar-refractivity contribution in [3.8, 4) is 28.7 Å². The summed E-state index contributed by atoms with van der Waals surface area (Å²) >= 11 is 0. The third-order valence-corrected chi connectivity index (χ3v) is 3.54. The molecule has 0 fully saturated rings. The minimum Gasteiger partial charge on any atom is -0.504 e. The van der Waals surface area contributed by atoms with Crippen LogP contribution in [0.3, 0.4) is 0 Å². The van der Waals surface area contributed by atoms with Crippen molar-refractivity contribution < 1.29 is 32.8 Å². The van der Waals surface area contributed by atoms with Gasteiger partial charge in [0.1, 0.15) is 0 Å². The van der Waals surface area contributed by atoms with Gasteiger partial charge in [0.05, 0.1) is 28.4 Å². The van der Waals surface area contributed by atoms with Crippen molar-refractivity contribution in [3.05, 3.63) is 41.5 Å². The van der Waals surface area contributed by atoms with E-state index in [1.165, 1.54) is 52.7 Å². The van der Waals surface area contributed by atoms with Gasteiger partial charge in [-0.3, -0.25) is 0 Å². The molecule has 2 aromatic rings. The summed E-state index contributed by atoms with van der Waals surface area (Å²) in [6.07, 6.45) is 0. The first-order chi connectivity index (χ1) is 12.0. The highest BCUT2D eigenvalue weighted by atomic mass is 19.2. The van der Waals surface area contributed by atoms with E-state index in [2.05, 4.69) is 0 Å². The van der Waals surface area contributed by atoms with Crippen LogP contribution in [-0.2, 0) is 0 Å². The van der Waals surface area contributed by atoms with E-state index in [1.54, 1.807) is 0 Å². The number of methoxy groups -OCH3 is 4. The van der Waals surface area contributed by atoms with E-state index >= 15 is 0 Å². The van der Waals surface area contributed by atoms with Gasteiger partial charge in [0.2, 0.25) is 5.75 Å². The maximum Gasteiger partial charge on any atom is 0.203 e. The molecule has 7 heteroatoms. The second-order valence-corrected chi connectivity index (χ2v) is 4.93. The Hall–Kier alpha value is -2.96. The first-order valence-electron chi connectivity index (χ1n) is 7.19. The van der Waals surface area contributed by atoms with Crippen molar-refractivity contribution >= 4 is 11.7 Å². The number of aromatic hydroxyl groups is 1. The van der Waals surface area contributed by atoms with Crippen LogP contribution in [0.4, 0.5) is 8.78 Å². The van der Waals surface area contributed by atoms with E-state index in [0.717, 1.165) is 6.07 Å². The Morgan fingerprint density at radius 3 is 1.68 bits per heavy atom. The summed E-state index contributed by atoms with van der Waals surface area (Å²) in [5.74, 6) is -1.77. The van der Waals surface area contributed by atoms with Crippen LogP contribution in [0.2, 0.25) is 0 Å². The Kier molecular flexibility index (Phi) is 5.69. The number of ether oxygens (including phenoxy) is 4. The van der Waals surface area contributed by atoms with Gasteiger partial charge in [0, 0.05) is 11.1 Å². The van der Waals surface area contributed by atoms with Crippen LogP contribution in [0, 0.1) is 0 Å². The Labute approximate surface area is 144 Å². The number of rotatable bonds is 6. The number of halogens is 2. The second-order valence-electron chi connectivity index (χ2n) is 4.93. The lowest BCUT2D eigenvalue weighted by molar-refractivity contribution is 0.324. The van der Waals surface area contributed by atoms with Crippen molar-refractivity contribution in [2.45, 2.75) is 0 Å². The minimum absolute atomic E-state index is 0.0951. The van der Waals surface area contributed by atoms with Crippen molar-refractivity contribution in [1.82, 2.24) is 0 Å². The van der Waals surface area contributed by atoms with Gasteiger partial charge in [0.25, 0.3) is 0 Å². The molecule has 0 aliphatic heterocycles. The summed E-state index contributed by atoms with van der Waals surface area (Å²) in [7, 11) is 5.52. The molecule has 0 saturated heterocycles. The quantitative estimate of drug-likeness (QED) is 0.790. The fourth-order valence-electron chi connectivity index (χ4n) is 2.29. The zero-order valence-corrected chi connectivity index (χ0v) is 14.2. The molecule has 0 aliphatic carbocycles. The maximum atomic E-state index is 14.6. The molecule has 0 bridgehead atoms. The first-order valence-corrected chi connectivity index (χ1v) is 7.19. The van der Waals surface area contributed by atoms with Crippen LogP contribution in [0.5, 0.6) is 28.7 Å². The fourth-order valence-corrected chi connectivity index (χ4v) is 2.29. The smallest absolute Gasteiger partial charge is 0.203 e. The van der Waals surface area contributed by atoms with Gasteiger partial charge in [-0.25, -0.2) is 8.78 Å². The largest absolute Gasteiger partial charge is 0.504 e. The highest BCUT2D eigenvalue weighted by molar-refractivity contribution is 5.85. The van der Waals surface area contributed by atoms with Crippen molar-refractivity contribution in [2.24, 2.45) is 0 Å². The molecule has 1 N–H and O–H groups in total. The average Bonchev–Trinajstić information content (AvgIpc) is 2.65. The molecule has 0 unspecified atom stereocenters. The Balaban J connectivity index is 2.56. The molecule has 2 aromatic carbocycles. The molecule has 5 nitrogen and oxygen atoms in total. The molecule has 0 saturated carbocycles. The van der Waals surface area contributed by atoms with E-state index in [0.29, 0.717) is 0 Å². The molecular weight excluding hydrogens is 334 g/mol. The summed E-state index contributed by atoms with van der Waals surface area (Å²) < 4.78 is 49.5. The van der Waals surface area contributed by atoms with E-state index in [9.17, 15) is 13.9 Å². The van der Waals surface area contributed by atoms with Gasteiger partial charge in [0.15, 0.2) is 34.7 Å². The zero-order valence-electron chi connectivity index (χ0n) is 14.2. The van der Waals surface area contributed by atoms with Crippen LogP contribution < -0.4 is 18.9 Å². The van der Waals surface area contributed by atoms with Crippen LogP contribution >= 0.6 is 0 Å². The SMILES string of the molecule is COc1ccc(/C(F)=C(/F)c2cc(OC)c(OC)c(OC)c2)cc1O. The molecular formula is C18H18F2O5. The lowest BCUT2D eigenvalue weighted by Crippen LogP contribution is -1.96. The predicted octanol–water partition coefficient (Wildman–Crippen LogP) is 4.19. The first kappa shape index (κ1) is 18.4. The lowest BCUT2D eigenvalue weighted by Gasteiger charge is -2.14. The monoisotopic (exact) mass is 352 g/mol. The predicted molar refractivity (Wildman–Crippen MR) is 89.8 cm³/mol. The van der Waals surface area contributed by atoms with Gasteiger partial charge < -0.3 is 24.1 Å². The van der Waals surface area contributed by atoms with Crippen LogP contribution in [0.25, 0.3) is 11.7 Å². The third kappa shape index (κ3) is 3.60. The third-order valence-electron chi connectivity index (χ3n) is 3.54. The summed E-state index contributed by atoms with van der Waals surface area (Å²) in [6.45, 7) is 0. The van der Waals surface area contributed by atoms with E-state index < -0.39 is 11.7 Å². The lowest BCUT2D eigenvalue weighted by atomic mass is 10.1. The summed E-state index contributed by atoms with van der Waals surface area (Å²) in [4.78, 5) is 0. The molecule has 134 valence electrons. The van der Waals surface area contributed by atoms with Crippen LogP contribution in [-0.4, -0.2) is 33.5 Å². The molecule has 0 atom stereocenters. The molecule has 2 rings (SSSR count). The topological polar surface area (TPSA) is 57.2 Å². The van der Waals surface area contributed by atoms with Crippen molar-refractivity contribution in [2.75, 3.05) is 28.4 Å². The molecule has 25 heavy (non-hydrogen) atoms. The highest BCUT2D eigenvalue weighted by Gasteiger charge is 2.19. The highest BCUT2D eigenvalue weighted by Crippen LogP contribution is 2.42. The fraction of sp³-hybridized carbons (Fsp3) is 0.222. The molecule has 0 aliphatic rings. The summed E-state index contributed by atoms with van der Waals surface area (Å²) in [5, 5.41) is 9.73. The van der Waals surface area contributed by atoms with Crippen molar-refractivity contribution in [3.63, 3.8) is 0 Å². The zero-order chi connectivity index (χ0) is 18.6. The van der Waals surface area contributed by atoms with Gasteiger partial charge >= 0.3 is 0 Å². The van der Waals surface area contributed by atoms with Crippen molar-refractivity contribution in [1.29, 1.82) is 0 Å². The van der Waals surface area contributed by atoms with E-state index in [-0.39, 0.29) is 39.9 Å². The summed E-state index contributed by atoms with van der Waals surface area (Å²) in [6, 6.07) is 6.29. The second kappa shape index (κ2) is 7.74. The number of benzene rings is 2. The Morgan fingerprint density at radius 2 is 1.24 bits per heavy atom. The number of phenolic OH excluding ortho intramolecular Hbond substituents is 1. The van der Waals surface area contributed by atoms with E-state index in [1.807, 2.05) is 0 Å². The maximum absolute atomic E-state index is 14.6. The van der Waals surface area contributed by atoms with Crippen LogP contribution in [0.15, 0.2) is 30.3 Å².